The minimum Gasteiger partial charge on any atom is -0.342 e. The third kappa shape index (κ3) is 4.36. The number of benzene rings is 2. The maximum Gasteiger partial charge on any atom is 0.246 e. The molecule has 6 nitrogen and oxygen atoms in total. The molecule has 2 fully saturated rings. The number of carbonyl (C=O) groups is 2. The Balaban J connectivity index is 1.18. The van der Waals surface area contributed by atoms with Gasteiger partial charge in [-0.3, -0.25) is 14.6 Å². The predicted octanol–water partition coefficient (Wildman–Crippen LogP) is 2.73. The van der Waals surface area contributed by atoms with Crippen LogP contribution in [-0.4, -0.2) is 52.1 Å². The Kier molecular flexibility index (Phi) is 6.10. The molecule has 5 rings (SSSR count). The molecule has 3 atom stereocenters. The van der Waals surface area contributed by atoms with E-state index in [2.05, 4.69) is 39.9 Å². The highest BCUT2D eigenvalue weighted by atomic mass is 32.2. The average molecular weight is 447 g/mol. The molecule has 164 valence electrons. The summed E-state index contributed by atoms with van der Waals surface area (Å²) in [4.78, 5) is 32.0. The first kappa shape index (κ1) is 21.0. The second kappa shape index (κ2) is 9.30. The molecule has 2 saturated heterocycles. The van der Waals surface area contributed by atoms with Crippen LogP contribution in [-0.2, 0) is 21.9 Å². The highest BCUT2D eigenvalue weighted by Gasteiger charge is 2.46. The maximum atomic E-state index is 13.1. The Morgan fingerprint density at radius 3 is 2.81 bits per heavy atom. The fourth-order valence-electron chi connectivity index (χ4n) is 4.56. The van der Waals surface area contributed by atoms with Crippen LogP contribution in [0.5, 0.6) is 0 Å². The molecule has 3 heterocycles. The number of carbonyl (C=O) groups excluding carboxylic acids is 2. The lowest BCUT2D eigenvalue weighted by atomic mass is 10.1. The van der Waals surface area contributed by atoms with Gasteiger partial charge in [0.05, 0.1) is 5.52 Å². The molecule has 0 spiro atoms. The zero-order valence-corrected chi connectivity index (χ0v) is 18.6. The van der Waals surface area contributed by atoms with Crippen molar-refractivity contribution < 1.29 is 9.59 Å². The molecule has 0 bridgehead atoms. The molecule has 2 amide bonds. The maximum absolute atomic E-state index is 13.1. The van der Waals surface area contributed by atoms with E-state index >= 15 is 0 Å². The van der Waals surface area contributed by atoms with Gasteiger partial charge in [-0.25, -0.2) is 0 Å². The number of rotatable bonds is 7. The number of pyridine rings is 1. The van der Waals surface area contributed by atoms with Crippen molar-refractivity contribution in [1.29, 1.82) is 0 Å². The molecule has 0 radical (unpaired) electrons. The predicted molar refractivity (Wildman–Crippen MR) is 127 cm³/mol. The van der Waals surface area contributed by atoms with Gasteiger partial charge in [-0.2, -0.15) is 11.8 Å². The van der Waals surface area contributed by atoms with Crippen LogP contribution in [0.3, 0.4) is 0 Å². The Bertz CT molecular complexity index is 1120. The van der Waals surface area contributed by atoms with E-state index in [0.29, 0.717) is 25.3 Å². The summed E-state index contributed by atoms with van der Waals surface area (Å²) in [7, 11) is 0. The number of amides is 2. The molecule has 0 saturated carbocycles. The quantitative estimate of drug-likeness (QED) is 0.584. The minimum absolute atomic E-state index is 0.0337. The number of aromatic nitrogens is 1. The standard InChI is InChI=1S/C25H26N4O2S/c30-24-23-12-19(27-13-18-8-4-10-21-20(18)9-5-11-26-21)14-29(23)25(31)22(28-24)16-32-15-17-6-2-1-3-7-17/h1-11,19,22-23,27H,12-16H2,(H,28,30)/t19-,22-,23-/m0/s1. The third-order valence-corrected chi connectivity index (χ3v) is 7.32. The van der Waals surface area contributed by atoms with Gasteiger partial charge >= 0.3 is 0 Å². The Hall–Kier alpha value is -2.90. The summed E-state index contributed by atoms with van der Waals surface area (Å²) in [6.07, 6.45) is 2.44. The number of piperazine rings is 1. The van der Waals surface area contributed by atoms with Gasteiger partial charge in [-0.05, 0) is 29.7 Å². The van der Waals surface area contributed by atoms with Gasteiger partial charge in [0.1, 0.15) is 12.1 Å². The van der Waals surface area contributed by atoms with E-state index in [1.807, 2.05) is 36.4 Å². The van der Waals surface area contributed by atoms with E-state index in [9.17, 15) is 9.59 Å². The monoisotopic (exact) mass is 446 g/mol. The van der Waals surface area contributed by atoms with E-state index < -0.39 is 6.04 Å². The molecule has 1 aromatic heterocycles. The number of hydrogen-bond acceptors (Lipinski definition) is 5. The highest BCUT2D eigenvalue weighted by Crippen LogP contribution is 2.25. The van der Waals surface area contributed by atoms with Gasteiger partial charge in [0.25, 0.3) is 0 Å². The van der Waals surface area contributed by atoms with Crippen LogP contribution >= 0.6 is 11.8 Å². The minimum atomic E-state index is -0.449. The van der Waals surface area contributed by atoms with Gasteiger partial charge < -0.3 is 15.5 Å². The summed E-state index contributed by atoms with van der Waals surface area (Å²) in [5, 5.41) is 7.64. The van der Waals surface area contributed by atoms with Gasteiger partial charge in [0.2, 0.25) is 11.8 Å². The van der Waals surface area contributed by atoms with Crippen LogP contribution in [0.15, 0.2) is 66.9 Å². The summed E-state index contributed by atoms with van der Waals surface area (Å²) in [5.74, 6) is 1.42. The summed E-state index contributed by atoms with van der Waals surface area (Å²) >= 11 is 1.68. The van der Waals surface area contributed by atoms with Crippen molar-refractivity contribution in [3.8, 4) is 0 Å². The van der Waals surface area contributed by atoms with Crippen LogP contribution in [0.25, 0.3) is 10.9 Å². The van der Waals surface area contributed by atoms with Gasteiger partial charge in [0.15, 0.2) is 0 Å². The van der Waals surface area contributed by atoms with Crippen LogP contribution in [0.1, 0.15) is 17.5 Å². The van der Waals surface area contributed by atoms with Gasteiger partial charge in [0, 0.05) is 42.2 Å². The Morgan fingerprint density at radius 2 is 1.94 bits per heavy atom. The fourth-order valence-corrected chi connectivity index (χ4v) is 5.57. The Labute approximate surface area is 191 Å². The third-order valence-electron chi connectivity index (χ3n) is 6.21. The number of nitrogens with zero attached hydrogens (tertiary/aromatic N) is 2. The fraction of sp³-hybridized carbons (Fsp3) is 0.320. The summed E-state index contributed by atoms with van der Waals surface area (Å²) in [6.45, 7) is 1.25. The summed E-state index contributed by atoms with van der Waals surface area (Å²) in [5.41, 5.74) is 3.37. The summed E-state index contributed by atoms with van der Waals surface area (Å²) < 4.78 is 0. The second-order valence-electron chi connectivity index (χ2n) is 8.37. The number of thioether (sulfide) groups is 1. The first-order chi connectivity index (χ1) is 15.7. The second-order valence-corrected chi connectivity index (χ2v) is 9.40. The smallest absolute Gasteiger partial charge is 0.246 e. The van der Waals surface area contributed by atoms with Crippen molar-refractivity contribution in [2.24, 2.45) is 0 Å². The molecule has 2 aliphatic heterocycles. The van der Waals surface area contributed by atoms with E-state index in [1.165, 1.54) is 11.1 Å². The zero-order chi connectivity index (χ0) is 21.9. The number of nitrogens with one attached hydrogen (secondary N) is 2. The molecule has 7 heteroatoms. The molecular formula is C25H26N4O2S. The normalized spacial score (nSPS) is 22.8. The highest BCUT2D eigenvalue weighted by molar-refractivity contribution is 7.98. The van der Waals surface area contributed by atoms with E-state index in [0.717, 1.165) is 16.7 Å². The van der Waals surface area contributed by atoms with Crippen molar-refractivity contribution >= 4 is 34.5 Å². The van der Waals surface area contributed by atoms with Crippen LogP contribution in [0, 0.1) is 0 Å². The first-order valence-electron chi connectivity index (χ1n) is 11.0. The lowest BCUT2D eigenvalue weighted by molar-refractivity contribution is -0.146. The molecular weight excluding hydrogens is 420 g/mol. The molecule has 3 aromatic rings. The SMILES string of the molecule is O=C1N[C@@H](CSCc2ccccc2)C(=O)N2C[C@@H](NCc3cccc4ncccc34)C[C@@H]12. The molecule has 32 heavy (non-hydrogen) atoms. The average Bonchev–Trinajstić information content (AvgIpc) is 3.27. The molecule has 0 unspecified atom stereocenters. The van der Waals surface area contributed by atoms with Crippen LogP contribution in [0.2, 0.25) is 0 Å². The number of fused-ring (bicyclic) bond motifs is 2. The van der Waals surface area contributed by atoms with Crippen molar-refractivity contribution in [2.75, 3.05) is 12.3 Å². The molecule has 2 aromatic carbocycles. The van der Waals surface area contributed by atoms with Crippen molar-refractivity contribution in [1.82, 2.24) is 20.5 Å². The molecule has 2 aliphatic rings. The number of hydrogen-bond donors (Lipinski definition) is 2. The van der Waals surface area contributed by atoms with Gasteiger partial charge in [-0.1, -0.05) is 48.5 Å². The lowest BCUT2D eigenvalue weighted by Crippen LogP contribution is -2.61. The topological polar surface area (TPSA) is 74.3 Å². The van der Waals surface area contributed by atoms with Crippen LogP contribution < -0.4 is 10.6 Å². The largest absolute Gasteiger partial charge is 0.342 e. The van der Waals surface area contributed by atoms with Crippen LogP contribution in [0.4, 0.5) is 0 Å². The molecule has 0 aliphatic carbocycles. The van der Waals surface area contributed by atoms with Crippen molar-refractivity contribution in [2.45, 2.75) is 36.8 Å². The lowest BCUT2D eigenvalue weighted by Gasteiger charge is -2.34. The Morgan fingerprint density at radius 1 is 1.06 bits per heavy atom. The van der Waals surface area contributed by atoms with Gasteiger partial charge in [-0.15, -0.1) is 0 Å². The van der Waals surface area contributed by atoms with E-state index in [-0.39, 0.29) is 23.9 Å². The zero-order valence-electron chi connectivity index (χ0n) is 17.7. The summed E-state index contributed by atoms with van der Waals surface area (Å²) in [6, 6.07) is 19.6. The van der Waals surface area contributed by atoms with E-state index in [4.69, 9.17) is 0 Å². The van der Waals surface area contributed by atoms with Crippen molar-refractivity contribution in [3.05, 3.63) is 78.0 Å². The first-order valence-corrected chi connectivity index (χ1v) is 12.1. The van der Waals surface area contributed by atoms with E-state index in [1.54, 1.807) is 22.9 Å². The van der Waals surface area contributed by atoms with Crippen molar-refractivity contribution in [3.63, 3.8) is 0 Å². The molecule has 2 N–H and O–H groups in total.